The molecule has 0 bridgehead atoms. The number of hydrogen-bond acceptors (Lipinski definition) is 2. The van der Waals surface area contributed by atoms with E-state index in [1.54, 1.807) is 0 Å². The number of alkyl halides is 2. The first-order valence-electron chi connectivity index (χ1n) is 2.06. The molecule has 0 aliphatic carbocycles. The molecule has 50 valence electrons. The Balaban J connectivity index is 2.94. The summed E-state index contributed by atoms with van der Waals surface area (Å²) in [6.45, 7) is 0. The summed E-state index contributed by atoms with van der Waals surface area (Å²) >= 11 is 2.78. The van der Waals surface area contributed by atoms with Gasteiger partial charge in [-0.2, -0.15) is 0 Å². The lowest BCUT2D eigenvalue weighted by Gasteiger charge is -1.92. The zero-order valence-corrected chi connectivity index (χ0v) is 5.72. The molecule has 0 saturated heterocycles. The first kappa shape index (κ1) is 6.60. The predicted molar refractivity (Wildman–Crippen MR) is 29.3 cm³/mol. The molecule has 0 N–H and O–H groups in total. The lowest BCUT2D eigenvalue weighted by atomic mass is 10.7. The van der Waals surface area contributed by atoms with Gasteiger partial charge in [-0.1, -0.05) is 0 Å². The van der Waals surface area contributed by atoms with Crippen molar-refractivity contribution in [1.82, 2.24) is 13.8 Å². The van der Waals surface area contributed by atoms with Crippen LogP contribution in [0.2, 0.25) is 0 Å². The Labute approximate surface area is 58.0 Å². The van der Waals surface area contributed by atoms with Crippen LogP contribution in [0.5, 0.6) is 0 Å². The summed E-state index contributed by atoms with van der Waals surface area (Å²) in [6.07, 6.45) is -1.42. The maximum atomic E-state index is 11.7. The minimum atomic E-state index is -2.58. The zero-order valence-electron chi connectivity index (χ0n) is 4.13. The third-order valence-corrected chi connectivity index (χ3v) is 1.27. The summed E-state index contributed by atoms with van der Waals surface area (Å²) in [4.78, 5) is 0. The van der Waals surface area contributed by atoms with E-state index in [9.17, 15) is 8.78 Å². The van der Waals surface area contributed by atoms with Crippen molar-refractivity contribution in [2.45, 2.75) is 6.43 Å². The van der Waals surface area contributed by atoms with Crippen LogP contribution in [0.25, 0.3) is 0 Å². The lowest BCUT2D eigenvalue weighted by Crippen LogP contribution is -1.91. The van der Waals surface area contributed by atoms with Gasteiger partial charge in [0.1, 0.15) is 6.33 Å². The summed E-state index contributed by atoms with van der Waals surface area (Å²) in [6, 6.07) is 0. The molecule has 9 heavy (non-hydrogen) atoms. The Bertz CT molecular complexity index is 199. The maximum absolute atomic E-state index is 11.7. The second-order valence-electron chi connectivity index (χ2n) is 1.30. The highest BCUT2D eigenvalue weighted by Gasteiger charge is 2.12. The lowest BCUT2D eigenvalue weighted by molar-refractivity contribution is 0.140. The molecule has 1 rings (SSSR count). The molecule has 0 amide bonds. The maximum Gasteiger partial charge on any atom is 0.298 e. The van der Waals surface area contributed by atoms with Gasteiger partial charge in [0, 0.05) is 0 Å². The van der Waals surface area contributed by atoms with Gasteiger partial charge >= 0.3 is 0 Å². The molecule has 0 aliphatic rings. The molecule has 0 aliphatic heterocycles. The van der Waals surface area contributed by atoms with Crippen LogP contribution in [0.3, 0.4) is 0 Å². The van der Waals surface area contributed by atoms with Gasteiger partial charge in [-0.15, -0.1) is 10.2 Å². The van der Waals surface area contributed by atoms with Crippen LogP contribution in [0, 0.1) is 0 Å². The van der Waals surface area contributed by atoms with Crippen molar-refractivity contribution < 1.29 is 8.78 Å². The first-order chi connectivity index (χ1) is 4.22. The van der Waals surface area contributed by atoms with Crippen molar-refractivity contribution in [1.29, 1.82) is 0 Å². The molecule has 1 heterocycles. The summed E-state index contributed by atoms with van der Waals surface area (Å²) in [5.41, 5.74) is 0. The summed E-state index contributed by atoms with van der Waals surface area (Å²) in [5.74, 6) is -0.380. The molecule has 0 fully saturated rings. The molecule has 1 aromatic rings. The molecule has 0 radical (unpaired) electrons. The van der Waals surface area contributed by atoms with Crippen LogP contribution in [-0.2, 0) is 0 Å². The number of halogens is 3. The molecule has 6 heteroatoms. The summed E-state index contributed by atoms with van der Waals surface area (Å²) in [5, 5.41) is 6.36. The Morgan fingerprint density at radius 2 is 2.33 bits per heavy atom. The minimum absolute atomic E-state index is 0.380. The normalized spacial score (nSPS) is 10.7. The second-order valence-corrected chi connectivity index (χ2v) is 2.07. The van der Waals surface area contributed by atoms with Crippen LogP contribution in [0.4, 0.5) is 8.78 Å². The molecule has 1 aromatic heterocycles. The third kappa shape index (κ3) is 1.24. The Hall–Kier alpha value is -0.520. The monoisotopic (exact) mass is 197 g/mol. The van der Waals surface area contributed by atoms with E-state index in [0.29, 0.717) is 0 Å². The molecular weight excluding hydrogens is 196 g/mol. The van der Waals surface area contributed by atoms with Crippen LogP contribution < -0.4 is 0 Å². The van der Waals surface area contributed by atoms with Gasteiger partial charge in [0.15, 0.2) is 0 Å². The molecule has 0 atom stereocenters. The zero-order chi connectivity index (χ0) is 6.85. The van der Waals surface area contributed by atoms with Gasteiger partial charge in [0.05, 0.1) is 16.1 Å². The number of rotatable bonds is 1. The van der Waals surface area contributed by atoms with Gasteiger partial charge in [-0.25, -0.2) is 12.4 Å². The Morgan fingerprint density at radius 1 is 1.67 bits per heavy atom. The minimum Gasteiger partial charge on any atom is -0.245 e. The molecule has 0 spiro atoms. The van der Waals surface area contributed by atoms with Gasteiger partial charge in [-0.05, 0) is 0 Å². The predicted octanol–water partition coefficient (Wildman–Crippen LogP) is 1.37. The van der Waals surface area contributed by atoms with E-state index in [0.717, 1.165) is 9.92 Å². The average Bonchev–Trinajstić information content (AvgIpc) is 2.13. The van der Waals surface area contributed by atoms with Crippen molar-refractivity contribution in [2.24, 2.45) is 0 Å². The second kappa shape index (κ2) is 2.38. The van der Waals surface area contributed by atoms with Crippen molar-refractivity contribution in [3.05, 3.63) is 12.2 Å². The highest BCUT2D eigenvalue weighted by Crippen LogP contribution is 2.16. The van der Waals surface area contributed by atoms with Crippen molar-refractivity contribution in [3.8, 4) is 0 Å². The standard InChI is InChI=1S/C3H2BrF2N3/c4-9-1-7-8-3(9)2(5)6/h1-2H. The highest BCUT2D eigenvalue weighted by molar-refractivity contribution is 9.08. The number of hydrogen-bond donors (Lipinski definition) is 0. The molecule has 3 nitrogen and oxygen atoms in total. The van der Waals surface area contributed by atoms with E-state index in [1.165, 1.54) is 0 Å². The van der Waals surface area contributed by atoms with Gasteiger partial charge in [0.25, 0.3) is 6.43 Å². The van der Waals surface area contributed by atoms with Crippen molar-refractivity contribution in [3.63, 3.8) is 0 Å². The molecule has 0 unspecified atom stereocenters. The summed E-state index contributed by atoms with van der Waals surface area (Å²) < 4.78 is 24.4. The summed E-state index contributed by atoms with van der Waals surface area (Å²) in [7, 11) is 0. The smallest absolute Gasteiger partial charge is 0.245 e. The first-order valence-corrected chi connectivity index (χ1v) is 2.77. The molecular formula is C3H2BrF2N3. The van der Waals surface area contributed by atoms with Crippen LogP contribution in [-0.4, -0.2) is 13.8 Å². The largest absolute Gasteiger partial charge is 0.298 e. The Morgan fingerprint density at radius 3 is 2.56 bits per heavy atom. The van der Waals surface area contributed by atoms with Crippen molar-refractivity contribution >= 4 is 16.1 Å². The van der Waals surface area contributed by atoms with E-state index in [4.69, 9.17) is 0 Å². The van der Waals surface area contributed by atoms with Gasteiger partial charge in [-0.3, -0.25) is 0 Å². The average molecular weight is 198 g/mol. The van der Waals surface area contributed by atoms with Crippen LogP contribution >= 0.6 is 16.1 Å². The molecule has 0 aromatic carbocycles. The number of aromatic nitrogens is 3. The van der Waals surface area contributed by atoms with E-state index in [1.807, 2.05) is 0 Å². The fourth-order valence-electron chi connectivity index (χ4n) is 0.369. The fraction of sp³-hybridized carbons (Fsp3) is 0.333. The fourth-order valence-corrected chi connectivity index (χ4v) is 0.677. The third-order valence-electron chi connectivity index (χ3n) is 0.727. The number of nitrogens with zero attached hydrogens (tertiary/aromatic N) is 3. The van der Waals surface area contributed by atoms with Crippen molar-refractivity contribution in [2.75, 3.05) is 0 Å². The van der Waals surface area contributed by atoms with Crippen LogP contribution in [0.1, 0.15) is 12.2 Å². The SMILES string of the molecule is FC(F)c1nncn1Br. The quantitative estimate of drug-likeness (QED) is 0.682. The topological polar surface area (TPSA) is 30.7 Å². The van der Waals surface area contributed by atoms with E-state index >= 15 is 0 Å². The Kier molecular flexibility index (Phi) is 1.75. The van der Waals surface area contributed by atoms with E-state index < -0.39 is 6.43 Å². The highest BCUT2D eigenvalue weighted by atomic mass is 79.9. The van der Waals surface area contributed by atoms with Gasteiger partial charge < -0.3 is 0 Å². The van der Waals surface area contributed by atoms with Gasteiger partial charge in [0.2, 0.25) is 5.82 Å². The molecule has 0 saturated carbocycles. The van der Waals surface area contributed by atoms with E-state index in [2.05, 4.69) is 26.3 Å². The van der Waals surface area contributed by atoms with Crippen LogP contribution in [0.15, 0.2) is 6.33 Å². The van der Waals surface area contributed by atoms with E-state index in [-0.39, 0.29) is 5.82 Å².